The van der Waals surface area contributed by atoms with Crippen LogP contribution < -0.4 is 5.73 Å². The SMILES string of the molecule is NCC(c1cccc(Cl)c1F)C(O)c1ccc(Br)cc1Br. The van der Waals surface area contributed by atoms with E-state index in [2.05, 4.69) is 31.9 Å². The third kappa shape index (κ3) is 3.66. The molecule has 2 nitrogen and oxygen atoms in total. The lowest BCUT2D eigenvalue weighted by Crippen LogP contribution is -2.21. The van der Waals surface area contributed by atoms with Gasteiger partial charge in [-0.15, -0.1) is 0 Å². The molecule has 21 heavy (non-hydrogen) atoms. The first-order valence-electron chi connectivity index (χ1n) is 6.22. The van der Waals surface area contributed by atoms with Crippen molar-refractivity contribution in [1.82, 2.24) is 0 Å². The monoisotopic (exact) mass is 435 g/mol. The lowest BCUT2D eigenvalue weighted by atomic mass is 9.89. The molecule has 0 aliphatic heterocycles. The summed E-state index contributed by atoms with van der Waals surface area (Å²) in [6, 6.07) is 10.1. The van der Waals surface area contributed by atoms with Gasteiger partial charge in [0, 0.05) is 21.4 Å². The number of rotatable bonds is 4. The van der Waals surface area contributed by atoms with E-state index in [1.54, 1.807) is 18.2 Å². The first-order chi connectivity index (χ1) is 9.95. The van der Waals surface area contributed by atoms with Gasteiger partial charge in [-0.25, -0.2) is 4.39 Å². The highest BCUT2D eigenvalue weighted by atomic mass is 79.9. The maximum Gasteiger partial charge on any atom is 0.145 e. The van der Waals surface area contributed by atoms with E-state index >= 15 is 0 Å². The Bertz CT molecular complexity index is 654. The van der Waals surface area contributed by atoms with Crippen LogP contribution in [-0.4, -0.2) is 11.7 Å². The molecule has 0 aromatic heterocycles. The Balaban J connectivity index is 2.43. The van der Waals surface area contributed by atoms with Crippen LogP contribution >= 0.6 is 43.5 Å². The van der Waals surface area contributed by atoms with Gasteiger partial charge in [-0.3, -0.25) is 0 Å². The lowest BCUT2D eigenvalue weighted by Gasteiger charge is -2.24. The van der Waals surface area contributed by atoms with Crippen molar-refractivity contribution in [2.24, 2.45) is 5.73 Å². The molecular weight excluding hydrogens is 424 g/mol. The summed E-state index contributed by atoms with van der Waals surface area (Å²) < 4.78 is 15.8. The molecule has 0 radical (unpaired) electrons. The molecule has 112 valence electrons. The summed E-state index contributed by atoms with van der Waals surface area (Å²) in [5.74, 6) is -1.12. The molecule has 0 bridgehead atoms. The second-order valence-electron chi connectivity index (χ2n) is 4.60. The Morgan fingerprint density at radius 3 is 2.52 bits per heavy atom. The first-order valence-corrected chi connectivity index (χ1v) is 8.19. The number of hydrogen-bond donors (Lipinski definition) is 2. The normalized spacial score (nSPS) is 14.0. The molecule has 0 fully saturated rings. The quantitative estimate of drug-likeness (QED) is 0.723. The van der Waals surface area contributed by atoms with E-state index < -0.39 is 17.8 Å². The topological polar surface area (TPSA) is 46.2 Å². The van der Waals surface area contributed by atoms with Crippen LogP contribution in [0.1, 0.15) is 23.1 Å². The fourth-order valence-electron chi connectivity index (χ4n) is 2.19. The van der Waals surface area contributed by atoms with Crippen LogP contribution in [-0.2, 0) is 0 Å². The zero-order valence-corrected chi connectivity index (χ0v) is 14.8. The van der Waals surface area contributed by atoms with E-state index in [0.29, 0.717) is 11.1 Å². The van der Waals surface area contributed by atoms with Crippen LogP contribution in [0.15, 0.2) is 45.3 Å². The lowest BCUT2D eigenvalue weighted by molar-refractivity contribution is 0.145. The van der Waals surface area contributed by atoms with E-state index in [4.69, 9.17) is 17.3 Å². The van der Waals surface area contributed by atoms with Crippen molar-refractivity contribution in [3.63, 3.8) is 0 Å². The molecule has 3 N–H and O–H groups in total. The highest BCUT2D eigenvalue weighted by Gasteiger charge is 2.26. The number of benzene rings is 2. The van der Waals surface area contributed by atoms with Crippen molar-refractivity contribution in [3.05, 3.63) is 67.3 Å². The number of aliphatic hydroxyl groups excluding tert-OH is 1. The second-order valence-corrected chi connectivity index (χ2v) is 6.77. The summed E-state index contributed by atoms with van der Waals surface area (Å²) in [7, 11) is 0. The average Bonchev–Trinajstić information content (AvgIpc) is 2.44. The van der Waals surface area contributed by atoms with Crippen LogP contribution in [0.5, 0.6) is 0 Å². The van der Waals surface area contributed by atoms with Crippen LogP contribution in [0.4, 0.5) is 4.39 Å². The van der Waals surface area contributed by atoms with Gasteiger partial charge in [-0.2, -0.15) is 0 Å². The van der Waals surface area contributed by atoms with Crippen LogP contribution in [0.2, 0.25) is 5.02 Å². The molecule has 0 aliphatic rings. The Morgan fingerprint density at radius 2 is 1.90 bits per heavy atom. The average molecular weight is 438 g/mol. The van der Waals surface area contributed by atoms with Gasteiger partial charge in [-0.1, -0.05) is 61.7 Å². The Labute approximate surface area is 144 Å². The Kier molecular flexibility index (Phi) is 5.80. The maximum absolute atomic E-state index is 14.2. The van der Waals surface area contributed by atoms with Crippen molar-refractivity contribution >= 4 is 43.5 Å². The minimum Gasteiger partial charge on any atom is -0.388 e. The standard InChI is InChI=1S/C15H13Br2ClFNO/c16-8-4-5-10(12(17)6-8)15(21)11(7-20)9-2-1-3-13(18)14(9)19/h1-6,11,15,21H,7,20H2. The fraction of sp³-hybridized carbons (Fsp3) is 0.200. The highest BCUT2D eigenvalue weighted by Crippen LogP contribution is 2.37. The third-order valence-corrected chi connectivity index (χ3v) is 4.77. The summed E-state index contributed by atoms with van der Waals surface area (Å²) in [6.45, 7) is 0.0981. The number of hydrogen-bond acceptors (Lipinski definition) is 2. The first kappa shape index (κ1) is 16.9. The van der Waals surface area contributed by atoms with Crippen LogP contribution in [0.25, 0.3) is 0 Å². The molecular formula is C15H13Br2ClFNO. The van der Waals surface area contributed by atoms with Crippen molar-refractivity contribution in [2.75, 3.05) is 6.54 Å². The number of nitrogens with two attached hydrogens (primary N) is 1. The van der Waals surface area contributed by atoms with E-state index in [1.807, 2.05) is 12.1 Å². The predicted octanol–water partition coefficient (Wildman–Crippen LogP) is 4.78. The van der Waals surface area contributed by atoms with Crippen LogP contribution in [0, 0.1) is 5.82 Å². The van der Waals surface area contributed by atoms with Crippen molar-refractivity contribution in [2.45, 2.75) is 12.0 Å². The number of aliphatic hydroxyl groups is 1. The molecule has 0 saturated carbocycles. The molecule has 6 heteroatoms. The third-order valence-electron chi connectivity index (χ3n) is 3.30. The summed E-state index contributed by atoms with van der Waals surface area (Å²) in [6.07, 6.45) is -0.939. The van der Waals surface area contributed by atoms with E-state index in [0.717, 1.165) is 8.95 Å². The number of halogens is 4. The van der Waals surface area contributed by atoms with Gasteiger partial charge in [0.15, 0.2) is 0 Å². The van der Waals surface area contributed by atoms with Gasteiger partial charge in [-0.05, 0) is 29.3 Å². The maximum atomic E-state index is 14.2. The van der Waals surface area contributed by atoms with Gasteiger partial charge in [0.1, 0.15) is 5.82 Å². The van der Waals surface area contributed by atoms with Gasteiger partial charge in [0.25, 0.3) is 0 Å². The Hall–Kier alpha value is -0.460. The second kappa shape index (κ2) is 7.20. The van der Waals surface area contributed by atoms with E-state index in [1.165, 1.54) is 6.07 Å². The summed E-state index contributed by atoms with van der Waals surface area (Å²) in [4.78, 5) is 0. The molecule has 0 saturated heterocycles. The molecule has 2 atom stereocenters. The molecule has 0 amide bonds. The van der Waals surface area contributed by atoms with Crippen molar-refractivity contribution < 1.29 is 9.50 Å². The molecule has 0 heterocycles. The molecule has 2 rings (SSSR count). The molecule has 2 aromatic carbocycles. The fourth-order valence-corrected chi connectivity index (χ4v) is 3.65. The zero-order valence-electron chi connectivity index (χ0n) is 10.9. The molecule has 2 aromatic rings. The summed E-state index contributed by atoms with van der Waals surface area (Å²) >= 11 is 12.6. The molecule has 0 spiro atoms. The van der Waals surface area contributed by atoms with E-state index in [-0.39, 0.29) is 11.6 Å². The van der Waals surface area contributed by atoms with Gasteiger partial charge < -0.3 is 10.8 Å². The zero-order chi connectivity index (χ0) is 15.6. The molecule has 0 aliphatic carbocycles. The van der Waals surface area contributed by atoms with Gasteiger partial charge in [0.2, 0.25) is 0 Å². The Morgan fingerprint density at radius 1 is 1.19 bits per heavy atom. The molecule has 2 unspecified atom stereocenters. The smallest absolute Gasteiger partial charge is 0.145 e. The van der Waals surface area contributed by atoms with Crippen LogP contribution in [0.3, 0.4) is 0 Å². The largest absolute Gasteiger partial charge is 0.388 e. The summed E-state index contributed by atoms with van der Waals surface area (Å²) in [5, 5.41) is 10.6. The minimum atomic E-state index is -0.939. The van der Waals surface area contributed by atoms with Gasteiger partial charge in [0.05, 0.1) is 11.1 Å². The van der Waals surface area contributed by atoms with E-state index in [9.17, 15) is 9.50 Å². The minimum absolute atomic E-state index is 0.0213. The van der Waals surface area contributed by atoms with Crippen molar-refractivity contribution in [1.29, 1.82) is 0 Å². The summed E-state index contributed by atoms with van der Waals surface area (Å²) in [5.41, 5.74) is 6.71. The predicted molar refractivity (Wildman–Crippen MR) is 90.0 cm³/mol. The van der Waals surface area contributed by atoms with Gasteiger partial charge >= 0.3 is 0 Å². The van der Waals surface area contributed by atoms with Crippen molar-refractivity contribution in [3.8, 4) is 0 Å². The highest BCUT2D eigenvalue weighted by molar-refractivity contribution is 9.11.